The van der Waals surface area contributed by atoms with Gasteiger partial charge in [0.2, 0.25) is 0 Å². The molecule has 2 rings (SSSR count). The minimum atomic E-state index is 0.694. The third kappa shape index (κ3) is 3.37. The normalized spacial score (nSPS) is 11.3. The molecule has 2 aromatic rings. The third-order valence-electron chi connectivity index (χ3n) is 2.46. The second kappa shape index (κ2) is 5.76. The van der Waals surface area contributed by atoms with Crippen LogP contribution in [-0.4, -0.2) is 11.5 Å². The van der Waals surface area contributed by atoms with Crippen LogP contribution in [0.25, 0.3) is 9.88 Å². The molecule has 4 heteroatoms. The van der Waals surface area contributed by atoms with Crippen molar-refractivity contribution < 1.29 is 0 Å². The van der Waals surface area contributed by atoms with Gasteiger partial charge in [-0.15, -0.1) is 22.7 Å². The predicted molar refractivity (Wildman–Crippen MR) is 76.7 cm³/mol. The summed E-state index contributed by atoms with van der Waals surface area (Å²) in [5.41, 5.74) is 1.16. The van der Waals surface area contributed by atoms with Gasteiger partial charge < -0.3 is 5.32 Å². The maximum atomic E-state index is 4.64. The molecule has 0 aliphatic rings. The Morgan fingerprint density at radius 1 is 1.41 bits per heavy atom. The second-order valence-electron chi connectivity index (χ2n) is 4.53. The van der Waals surface area contributed by atoms with Gasteiger partial charge in [-0.05, 0) is 30.8 Å². The number of hydrogen-bond acceptors (Lipinski definition) is 4. The number of nitrogens with zero attached hydrogens (tertiary/aromatic N) is 1. The van der Waals surface area contributed by atoms with E-state index >= 15 is 0 Å². The molecule has 0 spiro atoms. The fraction of sp³-hybridized carbons (Fsp3) is 0.462. The van der Waals surface area contributed by atoms with Crippen molar-refractivity contribution in [2.45, 2.75) is 27.3 Å². The van der Waals surface area contributed by atoms with Gasteiger partial charge in [0.15, 0.2) is 0 Å². The summed E-state index contributed by atoms with van der Waals surface area (Å²) in [5, 5.41) is 6.73. The van der Waals surface area contributed by atoms with E-state index in [9.17, 15) is 0 Å². The van der Waals surface area contributed by atoms with E-state index in [-0.39, 0.29) is 0 Å². The molecule has 92 valence electrons. The van der Waals surface area contributed by atoms with Crippen molar-refractivity contribution in [3.63, 3.8) is 0 Å². The Balaban J connectivity index is 2.04. The van der Waals surface area contributed by atoms with Gasteiger partial charge >= 0.3 is 0 Å². The van der Waals surface area contributed by atoms with E-state index in [1.54, 1.807) is 22.7 Å². The summed E-state index contributed by atoms with van der Waals surface area (Å²) in [6, 6.07) is 4.21. The van der Waals surface area contributed by atoms with Gasteiger partial charge in [0, 0.05) is 11.4 Å². The van der Waals surface area contributed by atoms with Crippen LogP contribution in [0.5, 0.6) is 0 Å². The van der Waals surface area contributed by atoms with E-state index in [2.05, 4.69) is 48.6 Å². The molecule has 2 nitrogen and oxygen atoms in total. The van der Waals surface area contributed by atoms with E-state index in [0.717, 1.165) is 23.8 Å². The number of hydrogen-bond donors (Lipinski definition) is 1. The Bertz CT molecular complexity index is 458. The van der Waals surface area contributed by atoms with E-state index in [0.29, 0.717) is 5.92 Å². The van der Waals surface area contributed by atoms with Crippen LogP contribution >= 0.6 is 22.7 Å². The van der Waals surface area contributed by atoms with Crippen LogP contribution in [0.1, 0.15) is 24.4 Å². The van der Waals surface area contributed by atoms with Crippen molar-refractivity contribution >= 4 is 22.7 Å². The first kappa shape index (κ1) is 12.7. The molecule has 0 unspecified atom stereocenters. The number of thiazole rings is 1. The highest BCUT2D eigenvalue weighted by Gasteiger charge is 2.09. The molecule has 0 saturated carbocycles. The van der Waals surface area contributed by atoms with Crippen LogP contribution in [0.2, 0.25) is 0 Å². The van der Waals surface area contributed by atoms with Crippen LogP contribution in [-0.2, 0) is 6.54 Å². The molecule has 2 heterocycles. The molecular weight excluding hydrogens is 248 g/mol. The number of aryl methyl sites for hydroxylation is 1. The lowest BCUT2D eigenvalue weighted by Crippen LogP contribution is -2.18. The molecule has 0 aromatic carbocycles. The van der Waals surface area contributed by atoms with Gasteiger partial charge in [0.1, 0.15) is 5.01 Å². The Kier molecular flexibility index (Phi) is 4.31. The van der Waals surface area contributed by atoms with Crippen molar-refractivity contribution in [3.05, 3.63) is 28.1 Å². The molecule has 0 aliphatic carbocycles. The summed E-state index contributed by atoms with van der Waals surface area (Å²) in [5.74, 6) is 0.694. The molecule has 17 heavy (non-hydrogen) atoms. The summed E-state index contributed by atoms with van der Waals surface area (Å²) in [6.07, 6.45) is 0. The van der Waals surface area contributed by atoms with E-state index in [1.807, 2.05) is 0 Å². The zero-order chi connectivity index (χ0) is 12.3. The monoisotopic (exact) mass is 266 g/mol. The van der Waals surface area contributed by atoms with Crippen LogP contribution in [0, 0.1) is 12.8 Å². The Morgan fingerprint density at radius 3 is 2.88 bits per heavy atom. The summed E-state index contributed by atoms with van der Waals surface area (Å²) in [6.45, 7) is 8.55. The van der Waals surface area contributed by atoms with Gasteiger partial charge in [-0.1, -0.05) is 19.9 Å². The fourth-order valence-electron chi connectivity index (χ4n) is 1.57. The zero-order valence-electron chi connectivity index (χ0n) is 10.5. The lowest BCUT2D eigenvalue weighted by Gasteiger charge is -2.05. The first-order valence-corrected chi connectivity index (χ1v) is 7.57. The van der Waals surface area contributed by atoms with Crippen molar-refractivity contribution in [1.29, 1.82) is 0 Å². The van der Waals surface area contributed by atoms with Gasteiger partial charge in [0.25, 0.3) is 0 Å². The van der Waals surface area contributed by atoms with Crippen LogP contribution in [0.3, 0.4) is 0 Å². The van der Waals surface area contributed by atoms with Gasteiger partial charge in [-0.3, -0.25) is 0 Å². The Hall–Kier alpha value is -0.710. The summed E-state index contributed by atoms with van der Waals surface area (Å²) in [7, 11) is 0. The highest BCUT2D eigenvalue weighted by Crippen LogP contribution is 2.30. The molecular formula is C13H18N2S2. The molecule has 0 amide bonds. The van der Waals surface area contributed by atoms with Gasteiger partial charge in [-0.25, -0.2) is 4.98 Å². The maximum absolute atomic E-state index is 4.64. The molecule has 0 fully saturated rings. The zero-order valence-corrected chi connectivity index (χ0v) is 12.1. The average Bonchev–Trinajstić information content (AvgIpc) is 2.87. The minimum Gasteiger partial charge on any atom is -0.312 e. The largest absolute Gasteiger partial charge is 0.312 e. The number of nitrogens with one attached hydrogen (secondary N) is 1. The predicted octanol–water partition coefficient (Wildman–Crippen LogP) is 3.93. The van der Waals surface area contributed by atoms with Gasteiger partial charge in [0.05, 0.1) is 10.6 Å². The molecule has 0 saturated heterocycles. The second-order valence-corrected chi connectivity index (χ2v) is 6.56. The lowest BCUT2D eigenvalue weighted by molar-refractivity contribution is 0.554. The summed E-state index contributed by atoms with van der Waals surface area (Å²) >= 11 is 3.56. The van der Waals surface area contributed by atoms with Crippen molar-refractivity contribution in [1.82, 2.24) is 10.3 Å². The first-order chi connectivity index (χ1) is 8.16. The van der Waals surface area contributed by atoms with E-state index in [1.165, 1.54) is 9.75 Å². The minimum absolute atomic E-state index is 0.694. The molecule has 0 aliphatic heterocycles. The number of thiophene rings is 1. The fourth-order valence-corrected chi connectivity index (χ4v) is 3.40. The van der Waals surface area contributed by atoms with Crippen molar-refractivity contribution in [3.8, 4) is 9.88 Å². The van der Waals surface area contributed by atoms with E-state index in [4.69, 9.17) is 0 Å². The lowest BCUT2D eigenvalue weighted by atomic mass is 10.2. The quantitative estimate of drug-likeness (QED) is 0.887. The molecule has 0 atom stereocenters. The summed E-state index contributed by atoms with van der Waals surface area (Å²) in [4.78, 5) is 7.27. The summed E-state index contributed by atoms with van der Waals surface area (Å²) < 4.78 is 0. The topological polar surface area (TPSA) is 24.9 Å². The van der Waals surface area contributed by atoms with Crippen molar-refractivity contribution in [2.75, 3.05) is 6.54 Å². The number of rotatable bonds is 5. The molecule has 1 N–H and O–H groups in total. The van der Waals surface area contributed by atoms with Crippen LogP contribution < -0.4 is 5.32 Å². The van der Waals surface area contributed by atoms with Gasteiger partial charge in [-0.2, -0.15) is 0 Å². The van der Waals surface area contributed by atoms with Crippen LogP contribution in [0.15, 0.2) is 17.5 Å². The van der Waals surface area contributed by atoms with Crippen LogP contribution in [0.4, 0.5) is 0 Å². The van der Waals surface area contributed by atoms with E-state index < -0.39 is 0 Å². The highest BCUT2D eigenvalue weighted by atomic mass is 32.1. The average molecular weight is 266 g/mol. The smallest absolute Gasteiger partial charge is 0.133 e. The molecule has 0 radical (unpaired) electrons. The Morgan fingerprint density at radius 2 is 2.24 bits per heavy atom. The first-order valence-electron chi connectivity index (χ1n) is 5.87. The van der Waals surface area contributed by atoms with Crippen molar-refractivity contribution in [2.24, 2.45) is 5.92 Å². The standard InChI is InChI=1S/C13H18N2S2/c1-9(2)7-14-8-12-10(3)15-13(17-12)11-5-4-6-16-11/h4-6,9,14H,7-8H2,1-3H3. The molecule has 0 bridgehead atoms. The Labute approximate surface area is 111 Å². The number of aromatic nitrogens is 1. The highest BCUT2D eigenvalue weighted by molar-refractivity contribution is 7.21. The third-order valence-corrected chi connectivity index (χ3v) is 4.66. The maximum Gasteiger partial charge on any atom is 0.133 e. The molecule has 2 aromatic heterocycles. The SMILES string of the molecule is Cc1nc(-c2cccs2)sc1CNCC(C)C.